The van der Waals surface area contributed by atoms with Crippen LogP contribution in [0.4, 0.5) is 0 Å². The molecule has 1 saturated carbocycles. The third kappa shape index (κ3) is 3.31. The van der Waals surface area contributed by atoms with E-state index in [1.807, 2.05) is 6.20 Å². The highest BCUT2D eigenvalue weighted by molar-refractivity contribution is 9.10. The Balaban J connectivity index is 1.60. The number of halogens is 1. The lowest BCUT2D eigenvalue weighted by Crippen LogP contribution is -2.38. The van der Waals surface area contributed by atoms with E-state index in [9.17, 15) is 0 Å². The lowest BCUT2D eigenvalue weighted by molar-refractivity contribution is 0.228. The molecule has 3 rings (SSSR count). The van der Waals surface area contributed by atoms with Crippen molar-refractivity contribution in [3.8, 4) is 0 Å². The number of nitrogens with zero attached hydrogens (tertiary/aromatic N) is 2. The minimum atomic E-state index is 0.695. The van der Waals surface area contributed by atoms with Crippen molar-refractivity contribution in [3.05, 3.63) is 28.5 Å². The smallest absolute Gasteiger partial charge is 0.0544 e. The monoisotopic (exact) mass is 309 g/mol. The second kappa shape index (κ2) is 5.68. The van der Waals surface area contributed by atoms with Crippen LogP contribution in [0.1, 0.15) is 31.4 Å². The summed E-state index contributed by atoms with van der Waals surface area (Å²) in [6.45, 7) is 3.37. The van der Waals surface area contributed by atoms with Crippen molar-refractivity contribution >= 4 is 15.9 Å². The quantitative estimate of drug-likeness (QED) is 0.906. The van der Waals surface area contributed by atoms with E-state index in [1.54, 1.807) is 0 Å². The Morgan fingerprint density at radius 1 is 1.33 bits per heavy atom. The van der Waals surface area contributed by atoms with Gasteiger partial charge in [-0.2, -0.15) is 0 Å². The predicted octanol–water partition coefficient (Wildman–Crippen LogP) is 2.56. The Morgan fingerprint density at radius 3 is 2.83 bits per heavy atom. The maximum Gasteiger partial charge on any atom is 0.0544 e. The van der Waals surface area contributed by atoms with Crippen molar-refractivity contribution < 1.29 is 0 Å². The molecule has 1 N–H and O–H groups in total. The molecule has 4 heteroatoms. The van der Waals surface area contributed by atoms with Crippen LogP contribution in [0, 0.1) is 0 Å². The molecule has 2 fully saturated rings. The van der Waals surface area contributed by atoms with E-state index in [4.69, 9.17) is 0 Å². The molecule has 1 saturated heterocycles. The summed E-state index contributed by atoms with van der Waals surface area (Å²) >= 11 is 3.44. The average molecular weight is 310 g/mol. The molecule has 2 aliphatic rings. The van der Waals surface area contributed by atoms with E-state index >= 15 is 0 Å². The second-order valence-corrected chi connectivity index (χ2v) is 6.34. The fourth-order valence-electron chi connectivity index (χ4n) is 2.69. The van der Waals surface area contributed by atoms with Gasteiger partial charge in [0.2, 0.25) is 0 Å². The molecule has 3 nitrogen and oxygen atoms in total. The molecule has 1 aliphatic carbocycles. The molecule has 2 heterocycles. The van der Waals surface area contributed by atoms with Crippen LogP contribution in [0.5, 0.6) is 0 Å². The van der Waals surface area contributed by atoms with Crippen LogP contribution in [0.15, 0.2) is 22.8 Å². The molecular formula is C14H20BrN3. The average Bonchev–Trinajstić information content (AvgIpc) is 3.10. The Hall–Kier alpha value is -0.450. The SMILES string of the molecule is Brc1ccc(CN(CC2CCCN2)C2CC2)nc1. The zero-order valence-corrected chi connectivity index (χ0v) is 12.2. The highest BCUT2D eigenvalue weighted by Gasteiger charge is 2.31. The van der Waals surface area contributed by atoms with Crippen molar-refractivity contribution in [2.75, 3.05) is 13.1 Å². The van der Waals surface area contributed by atoms with Gasteiger partial charge in [-0.25, -0.2) is 0 Å². The number of hydrogen-bond acceptors (Lipinski definition) is 3. The van der Waals surface area contributed by atoms with Gasteiger partial charge in [0, 0.05) is 35.8 Å². The van der Waals surface area contributed by atoms with Gasteiger partial charge in [-0.05, 0) is 60.3 Å². The normalized spacial score (nSPS) is 23.8. The molecule has 0 bridgehead atoms. The van der Waals surface area contributed by atoms with Gasteiger partial charge in [-0.15, -0.1) is 0 Å². The molecule has 1 aromatic rings. The lowest BCUT2D eigenvalue weighted by atomic mass is 10.2. The van der Waals surface area contributed by atoms with Crippen molar-refractivity contribution in [1.82, 2.24) is 15.2 Å². The summed E-state index contributed by atoms with van der Waals surface area (Å²) < 4.78 is 1.06. The van der Waals surface area contributed by atoms with Crippen LogP contribution in [-0.2, 0) is 6.54 Å². The van der Waals surface area contributed by atoms with Crippen LogP contribution in [0.2, 0.25) is 0 Å². The van der Waals surface area contributed by atoms with Crippen molar-refractivity contribution in [2.45, 2.75) is 44.3 Å². The van der Waals surface area contributed by atoms with Crippen LogP contribution in [-0.4, -0.2) is 35.1 Å². The van der Waals surface area contributed by atoms with Crippen LogP contribution in [0.3, 0.4) is 0 Å². The summed E-state index contributed by atoms with van der Waals surface area (Å²) in [7, 11) is 0. The number of hydrogen-bond donors (Lipinski definition) is 1. The highest BCUT2D eigenvalue weighted by atomic mass is 79.9. The van der Waals surface area contributed by atoms with E-state index in [2.05, 4.69) is 43.3 Å². The maximum absolute atomic E-state index is 4.49. The minimum Gasteiger partial charge on any atom is -0.313 e. The number of nitrogens with one attached hydrogen (secondary N) is 1. The Labute approximate surface area is 117 Å². The standard InChI is InChI=1S/C14H20BrN3/c15-11-3-4-13(17-8-11)10-18(14-5-6-14)9-12-2-1-7-16-12/h3-4,8,12,14,16H,1-2,5-7,9-10H2. The summed E-state index contributed by atoms with van der Waals surface area (Å²) in [4.78, 5) is 7.10. The summed E-state index contributed by atoms with van der Waals surface area (Å²) in [6.07, 6.45) is 7.29. The molecule has 0 radical (unpaired) electrons. The first-order valence-electron chi connectivity index (χ1n) is 6.89. The van der Waals surface area contributed by atoms with E-state index in [1.165, 1.54) is 44.5 Å². The van der Waals surface area contributed by atoms with E-state index in [0.717, 1.165) is 17.1 Å². The molecule has 0 aromatic carbocycles. The zero-order valence-electron chi connectivity index (χ0n) is 10.6. The molecule has 1 unspecified atom stereocenters. The second-order valence-electron chi connectivity index (χ2n) is 5.42. The topological polar surface area (TPSA) is 28.2 Å². The summed E-state index contributed by atoms with van der Waals surface area (Å²) in [5, 5.41) is 3.60. The van der Waals surface area contributed by atoms with Gasteiger partial charge in [-0.3, -0.25) is 9.88 Å². The fraction of sp³-hybridized carbons (Fsp3) is 0.643. The minimum absolute atomic E-state index is 0.695. The lowest BCUT2D eigenvalue weighted by Gasteiger charge is -2.25. The number of pyridine rings is 1. The van der Waals surface area contributed by atoms with Crippen molar-refractivity contribution in [2.24, 2.45) is 0 Å². The zero-order chi connectivity index (χ0) is 12.4. The van der Waals surface area contributed by atoms with E-state index < -0.39 is 0 Å². The molecular weight excluding hydrogens is 290 g/mol. The first-order chi connectivity index (χ1) is 8.81. The third-order valence-electron chi connectivity index (χ3n) is 3.83. The summed E-state index contributed by atoms with van der Waals surface area (Å²) in [5.41, 5.74) is 1.18. The van der Waals surface area contributed by atoms with Gasteiger partial charge in [0.05, 0.1) is 5.69 Å². The predicted molar refractivity (Wildman–Crippen MR) is 76.4 cm³/mol. The van der Waals surface area contributed by atoms with Crippen molar-refractivity contribution in [1.29, 1.82) is 0 Å². The summed E-state index contributed by atoms with van der Waals surface area (Å²) in [5.74, 6) is 0. The van der Waals surface area contributed by atoms with Crippen LogP contribution >= 0.6 is 15.9 Å². The van der Waals surface area contributed by atoms with Gasteiger partial charge in [-0.1, -0.05) is 0 Å². The Morgan fingerprint density at radius 2 is 2.22 bits per heavy atom. The molecule has 0 spiro atoms. The molecule has 1 atom stereocenters. The first-order valence-corrected chi connectivity index (χ1v) is 7.68. The summed E-state index contributed by atoms with van der Waals surface area (Å²) in [6, 6.07) is 5.71. The van der Waals surface area contributed by atoms with E-state index in [-0.39, 0.29) is 0 Å². The van der Waals surface area contributed by atoms with Crippen LogP contribution < -0.4 is 5.32 Å². The van der Waals surface area contributed by atoms with Crippen LogP contribution in [0.25, 0.3) is 0 Å². The third-order valence-corrected chi connectivity index (χ3v) is 4.30. The molecule has 0 amide bonds. The molecule has 18 heavy (non-hydrogen) atoms. The van der Waals surface area contributed by atoms with Gasteiger partial charge < -0.3 is 5.32 Å². The highest BCUT2D eigenvalue weighted by Crippen LogP contribution is 2.29. The maximum atomic E-state index is 4.49. The largest absolute Gasteiger partial charge is 0.313 e. The fourth-order valence-corrected chi connectivity index (χ4v) is 2.92. The Bertz CT molecular complexity index is 383. The van der Waals surface area contributed by atoms with E-state index in [0.29, 0.717) is 6.04 Å². The first kappa shape index (κ1) is 12.6. The van der Waals surface area contributed by atoms with Gasteiger partial charge in [0.25, 0.3) is 0 Å². The molecule has 1 aromatic heterocycles. The van der Waals surface area contributed by atoms with Gasteiger partial charge in [0.15, 0.2) is 0 Å². The molecule has 98 valence electrons. The number of aromatic nitrogens is 1. The number of rotatable bonds is 5. The Kier molecular flexibility index (Phi) is 3.97. The van der Waals surface area contributed by atoms with Crippen molar-refractivity contribution in [3.63, 3.8) is 0 Å². The van der Waals surface area contributed by atoms with Gasteiger partial charge in [0.1, 0.15) is 0 Å². The van der Waals surface area contributed by atoms with Gasteiger partial charge >= 0.3 is 0 Å². The molecule has 1 aliphatic heterocycles.